The van der Waals surface area contributed by atoms with Crippen molar-refractivity contribution in [3.63, 3.8) is 0 Å². The molecule has 1 unspecified atom stereocenters. The molecule has 1 saturated heterocycles. The second-order valence-corrected chi connectivity index (χ2v) is 9.72. The lowest BCUT2D eigenvalue weighted by atomic mass is 10.1. The molecule has 0 spiro atoms. The lowest BCUT2D eigenvalue weighted by Gasteiger charge is -2.38. The normalized spacial score (nSPS) is 17.4. The van der Waals surface area contributed by atoms with Crippen LogP contribution in [-0.4, -0.2) is 74.3 Å². The van der Waals surface area contributed by atoms with E-state index in [0.29, 0.717) is 23.7 Å². The molecular formula is C26H25F3N2O7S. The molecule has 2 aliphatic heterocycles. The van der Waals surface area contributed by atoms with Crippen LogP contribution in [0.2, 0.25) is 0 Å². The highest BCUT2D eigenvalue weighted by molar-refractivity contribution is 7.99. The zero-order valence-electron chi connectivity index (χ0n) is 21.0. The number of piperazine rings is 1. The maximum absolute atomic E-state index is 14.0. The number of rotatable bonds is 5. The maximum atomic E-state index is 14.0. The van der Waals surface area contributed by atoms with E-state index in [0.717, 1.165) is 36.6 Å². The second-order valence-electron chi connectivity index (χ2n) is 8.60. The summed E-state index contributed by atoms with van der Waals surface area (Å²) in [4.78, 5) is 50.1. The van der Waals surface area contributed by atoms with Gasteiger partial charge < -0.3 is 24.2 Å². The number of esters is 1. The highest BCUT2D eigenvalue weighted by atomic mass is 32.2. The highest BCUT2D eigenvalue weighted by Crippen LogP contribution is 2.41. The Morgan fingerprint density at radius 1 is 1.08 bits per heavy atom. The van der Waals surface area contributed by atoms with Crippen LogP contribution in [0.15, 0.2) is 52.3 Å². The first kappa shape index (κ1) is 28.3. The molecule has 4 rings (SSSR count). The molecule has 1 fully saturated rings. The van der Waals surface area contributed by atoms with Crippen molar-refractivity contribution >= 4 is 35.8 Å². The van der Waals surface area contributed by atoms with Crippen LogP contribution in [0.5, 0.6) is 5.75 Å². The molecule has 0 saturated carbocycles. The Bertz CT molecular complexity index is 1280. The molecule has 2 aromatic rings. The van der Waals surface area contributed by atoms with Crippen molar-refractivity contribution in [2.75, 3.05) is 40.5 Å². The van der Waals surface area contributed by atoms with Crippen LogP contribution in [0.1, 0.15) is 16.7 Å². The first-order chi connectivity index (χ1) is 18.6. The van der Waals surface area contributed by atoms with E-state index in [1.54, 1.807) is 18.2 Å². The van der Waals surface area contributed by atoms with Gasteiger partial charge in [-0.05, 0) is 42.0 Å². The maximum Gasteiger partial charge on any atom is 0.417 e. The third-order valence-electron chi connectivity index (χ3n) is 6.16. The van der Waals surface area contributed by atoms with Gasteiger partial charge in [-0.15, -0.1) is 0 Å². The number of hydrogen-bond donors (Lipinski definition) is 0. The van der Waals surface area contributed by atoms with Gasteiger partial charge >= 0.3 is 18.2 Å². The van der Waals surface area contributed by atoms with E-state index in [-0.39, 0.29) is 30.1 Å². The SMILES string of the molecule is COC(=O)C1CN(C(=O)OC)CCN1C(=O)C=Cc1ccc(Sc2ccc3c(c2)CCOO3)c(C(F)(F)F)c1. The van der Waals surface area contributed by atoms with E-state index < -0.39 is 35.8 Å². The van der Waals surface area contributed by atoms with Crippen LogP contribution in [0, 0.1) is 0 Å². The van der Waals surface area contributed by atoms with Crippen molar-refractivity contribution in [3.05, 3.63) is 59.2 Å². The number of carbonyl (C=O) groups excluding carboxylic acids is 3. The molecule has 9 nitrogen and oxygen atoms in total. The fraction of sp³-hybridized carbons (Fsp3) is 0.346. The van der Waals surface area contributed by atoms with E-state index in [1.807, 2.05) is 0 Å². The van der Waals surface area contributed by atoms with Crippen LogP contribution in [0.25, 0.3) is 6.08 Å². The lowest BCUT2D eigenvalue weighted by molar-refractivity contribution is -0.215. The molecule has 0 aliphatic carbocycles. The number of nitrogens with zero attached hydrogens (tertiary/aromatic N) is 2. The second kappa shape index (κ2) is 12.0. The molecule has 39 heavy (non-hydrogen) atoms. The Balaban J connectivity index is 1.53. The molecule has 13 heteroatoms. The Kier molecular flexibility index (Phi) is 8.70. The van der Waals surface area contributed by atoms with Gasteiger partial charge in [0.15, 0.2) is 5.75 Å². The van der Waals surface area contributed by atoms with Crippen LogP contribution < -0.4 is 4.89 Å². The van der Waals surface area contributed by atoms with Gasteiger partial charge in [-0.25, -0.2) is 9.59 Å². The Morgan fingerprint density at radius 3 is 2.59 bits per heavy atom. The summed E-state index contributed by atoms with van der Waals surface area (Å²) < 4.78 is 51.3. The van der Waals surface area contributed by atoms with Crippen molar-refractivity contribution < 1.29 is 46.8 Å². The molecule has 2 aliphatic rings. The topological polar surface area (TPSA) is 94.6 Å². The number of halogens is 3. The summed E-state index contributed by atoms with van der Waals surface area (Å²) in [5.41, 5.74) is 0.146. The predicted octanol–water partition coefficient (Wildman–Crippen LogP) is 4.19. The molecule has 0 N–H and O–H groups in total. The summed E-state index contributed by atoms with van der Waals surface area (Å²) in [7, 11) is 2.36. The summed E-state index contributed by atoms with van der Waals surface area (Å²) in [6.45, 7) is 0.353. The number of methoxy groups -OCH3 is 2. The van der Waals surface area contributed by atoms with Crippen LogP contribution in [0.3, 0.4) is 0 Å². The summed E-state index contributed by atoms with van der Waals surface area (Å²) in [6.07, 6.45) is -2.35. The van der Waals surface area contributed by atoms with Gasteiger partial charge in [-0.1, -0.05) is 17.8 Å². The van der Waals surface area contributed by atoms with E-state index in [2.05, 4.69) is 4.74 Å². The number of fused-ring (bicyclic) bond motifs is 1. The first-order valence-electron chi connectivity index (χ1n) is 11.8. The van der Waals surface area contributed by atoms with Crippen molar-refractivity contribution in [2.45, 2.75) is 28.4 Å². The zero-order valence-corrected chi connectivity index (χ0v) is 21.8. The quantitative estimate of drug-likeness (QED) is 0.302. The van der Waals surface area contributed by atoms with Crippen molar-refractivity contribution in [3.8, 4) is 5.75 Å². The number of alkyl halides is 3. The van der Waals surface area contributed by atoms with Crippen molar-refractivity contribution in [1.29, 1.82) is 0 Å². The lowest BCUT2D eigenvalue weighted by Crippen LogP contribution is -2.59. The molecule has 2 heterocycles. The number of benzene rings is 2. The fourth-order valence-corrected chi connectivity index (χ4v) is 5.20. The van der Waals surface area contributed by atoms with Crippen LogP contribution in [-0.2, 0) is 36.5 Å². The van der Waals surface area contributed by atoms with Gasteiger partial charge in [0.1, 0.15) is 6.04 Å². The molecule has 0 aromatic heterocycles. The first-order valence-corrected chi connectivity index (χ1v) is 12.6. The number of hydrogen-bond acceptors (Lipinski definition) is 8. The van der Waals surface area contributed by atoms with Gasteiger partial charge in [0.05, 0.1) is 32.9 Å². The molecule has 0 bridgehead atoms. The van der Waals surface area contributed by atoms with E-state index in [9.17, 15) is 27.6 Å². The number of amides is 2. The average molecular weight is 567 g/mol. The molecule has 2 aromatic carbocycles. The van der Waals surface area contributed by atoms with E-state index in [1.165, 1.54) is 35.1 Å². The summed E-state index contributed by atoms with van der Waals surface area (Å²) in [6, 6.07) is 7.79. The molecular weight excluding hydrogens is 541 g/mol. The van der Waals surface area contributed by atoms with Gasteiger partial charge in [-0.3, -0.25) is 4.79 Å². The van der Waals surface area contributed by atoms with Crippen molar-refractivity contribution in [1.82, 2.24) is 9.80 Å². The zero-order chi connectivity index (χ0) is 28.2. The summed E-state index contributed by atoms with van der Waals surface area (Å²) in [5, 5.41) is 0. The van der Waals surface area contributed by atoms with Gasteiger partial charge in [0.2, 0.25) is 5.91 Å². The molecule has 0 radical (unpaired) electrons. The average Bonchev–Trinajstić information content (AvgIpc) is 2.94. The number of carbonyl (C=O) groups is 3. The third kappa shape index (κ3) is 6.66. The Hall–Kier alpha value is -3.71. The van der Waals surface area contributed by atoms with E-state index in [4.69, 9.17) is 14.5 Å². The largest absolute Gasteiger partial charge is 0.467 e. The minimum atomic E-state index is -4.64. The van der Waals surface area contributed by atoms with Gasteiger partial charge in [0.25, 0.3) is 0 Å². The third-order valence-corrected chi connectivity index (χ3v) is 7.23. The molecule has 208 valence electrons. The van der Waals surface area contributed by atoms with E-state index >= 15 is 0 Å². The smallest absolute Gasteiger partial charge is 0.417 e. The molecule has 2 amide bonds. The monoisotopic (exact) mass is 566 g/mol. The van der Waals surface area contributed by atoms with Crippen molar-refractivity contribution in [2.24, 2.45) is 0 Å². The van der Waals surface area contributed by atoms with Gasteiger partial charge in [-0.2, -0.15) is 18.1 Å². The standard InChI is InChI=1S/C26H25F3N2O7S/c1-35-24(33)20-15-30(25(34)36-2)10-11-31(20)23(32)8-4-16-3-7-22(19(13-16)26(27,28)29)39-18-5-6-21-17(14-18)9-12-37-38-21/h3-8,13-14,20H,9-12,15H2,1-2H3. The fourth-order valence-electron chi connectivity index (χ4n) is 4.18. The van der Waals surface area contributed by atoms with Gasteiger partial charge in [0, 0.05) is 40.9 Å². The minimum absolute atomic E-state index is 0.00333. The minimum Gasteiger partial charge on any atom is -0.467 e. The Morgan fingerprint density at radius 2 is 1.87 bits per heavy atom. The summed E-state index contributed by atoms with van der Waals surface area (Å²) in [5.74, 6) is -0.803. The Labute approximate surface area is 226 Å². The highest BCUT2D eigenvalue weighted by Gasteiger charge is 2.37. The van der Waals surface area contributed by atoms with Crippen LogP contribution >= 0.6 is 11.8 Å². The molecule has 1 atom stereocenters. The van der Waals surface area contributed by atoms with Crippen LogP contribution in [0.4, 0.5) is 18.0 Å². The predicted molar refractivity (Wildman–Crippen MR) is 133 cm³/mol. The number of ether oxygens (including phenoxy) is 2. The summed E-state index contributed by atoms with van der Waals surface area (Å²) >= 11 is 0.971.